The molecular weight excluding hydrogens is 244 g/mol. The van der Waals surface area contributed by atoms with Gasteiger partial charge < -0.3 is 10.2 Å². The standard InChI is InChI=1S/C13H22N4O2/c1-5-7-10(3)16(4)13-11(17(18)19)8-9-12(15-13)14-6-2/h8-10H,5-7H2,1-4H3,(H,14,15). The molecule has 1 heterocycles. The molecule has 6 heteroatoms. The average molecular weight is 266 g/mol. The molecule has 0 spiro atoms. The molecule has 0 amide bonds. The molecule has 19 heavy (non-hydrogen) atoms. The SMILES string of the molecule is CCCC(C)N(C)c1nc(NCC)ccc1[N+](=O)[O-]. The zero-order valence-corrected chi connectivity index (χ0v) is 12.0. The Hall–Kier alpha value is -1.85. The molecule has 0 radical (unpaired) electrons. The van der Waals surface area contributed by atoms with Crippen LogP contribution in [0, 0.1) is 10.1 Å². The first-order valence-electron chi connectivity index (χ1n) is 6.63. The molecule has 0 saturated carbocycles. The van der Waals surface area contributed by atoms with E-state index < -0.39 is 0 Å². The summed E-state index contributed by atoms with van der Waals surface area (Å²) in [6.07, 6.45) is 2.01. The number of hydrogen-bond acceptors (Lipinski definition) is 5. The van der Waals surface area contributed by atoms with Gasteiger partial charge in [-0.1, -0.05) is 13.3 Å². The Morgan fingerprint density at radius 1 is 1.47 bits per heavy atom. The third kappa shape index (κ3) is 3.81. The van der Waals surface area contributed by atoms with Gasteiger partial charge in [0.05, 0.1) is 4.92 Å². The van der Waals surface area contributed by atoms with Crippen molar-refractivity contribution >= 4 is 17.3 Å². The molecule has 0 aromatic carbocycles. The van der Waals surface area contributed by atoms with Crippen LogP contribution in [0.5, 0.6) is 0 Å². The molecule has 1 rings (SSSR count). The van der Waals surface area contributed by atoms with E-state index >= 15 is 0 Å². The molecule has 0 fully saturated rings. The number of anilines is 2. The van der Waals surface area contributed by atoms with Crippen LogP contribution in [0.1, 0.15) is 33.6 Å². The van der Waals surface area contributed by atoms with Crippen molar-refractivity contribution in [2.45, 2.75) is 39.7 Å². The minimum absolute atomic E-state index is 0.0482. The molecule has 0 aliphatic heterocycles. The van der Waals surface area contributed by atoms with Crippen LogP contribution in [0.3, 0.4) is 0 Å². The highest BCUT2D eigenvalue weighted by Crippen LogP contribution is 2.28. The third-order valence-corrected chi connectivity index (χ3v) is 3.11. The average Bonchev–Trinajstić information content (AvgIpc) is 2.38. The zero-order chi connectivity index (χ0) is 14.4. The summed E-state index contributed by atoms with van der Waals surface area (Å²) in [6, 6.07) is 3.37. The maximum Gasteiger partial charge on any atom is 0.311 e. The molecule has 6 nitrogen and oxygen atoms in total. The van der Waals surface area contributed by atoms with Gasteiger partial charge >= 0.3 is 5.69 Å². The van der Waals surface area contributed by atoms with E-state index in [0.29, 0.717) is 11.6 Å². The quantitative estimate of drug-likeness (QED) is 0.606. The number of hydrogen-bond donors (Lipinski definition) is 1. The zero-order valence-electron chi connectivity index (χ0n) is 12.0. The van der Waals surface area contributed by atoms with Crippen LogP contribution >= 0.6 is 0 Å². The predicted molar refractivity (Wildman–Crippen MR) is 77.8 cm³/mol. The molecule has 106 valence electrons. The van der Waals surface area contributed by atoms with Gasteiger partial charge in [0, 0.05) is 25.7 Å². The number of nitrogens with one attached hydrogen (secondary N) is 1. The van der Waals surface area contributed by atoms with Crippen LogP contribution in [0.2, 0.25) is 0 Å². The molecule has 0 saturated heterocycles. The topological polar surface area (TPSA) is 71.3 Å². The molecule has 1 atom stereocenters. The van der Waals surface area contributed by atoms with Crippen LogP contribution < -0.4 is 10.2 Å². The Bertz CT molecular complexity index is 437. The fraction of sp³-hybridized carbons (Fsp3) is 0.615. The van der Waals surface area contributed by atoms with Crippen LogP contribution in [0.25, 0.3) is 0 Å². The molecule has 1 N–H and O–H groups in total. The summed E-state index contributed by atoms with van der Waals surface area (Å²) in [5.74, 6) is 1.09. The first kappa shape index (κ1) is 15.2. The van der Waals surface area contributed by atoms with E-state index in [0.717, 1.165) is 19.4 Å². The lowest BCUT2D eigenvalue weighted by molar-refractivity contribution is -0.384. The first-order chi connectivity index (χ1) is 9.01. The van der Waals surface area contributed by atoms with Gasteiger partial charge in [-0.3, -0.25) is 10.1 Å². The van der Waals surface area contributed by atoms with Gasteiger partial charge in [-0.05, 0) is 26.3 Å². The van der Waals surface area contributed by atoms with E-state index in [1.54, 1.807) is 6.07 Å². The second kappa shape index (κ2) is 6.92. The second-order valence-electron chi connectivity index (χ2n) is 4.58. The van der Waals surface area contributed by atoms with Crippen molar-refractivity contribution in [3.05, 3.63) is 22.2 Å². The fourth-order valence-corrected chi connectivity index (χ4v) is 1.94. The normalized spacial score (nSPS) is 12.0. The monoisotopic (exact) mass is 266 g/mol. The van der Waals surface area contributed by atoms with Gasteiger partial charge in [0.2, 0.25) is 5.82 Å². The number of nitrogens with zero attached hydrogens (tertiary/aromatic N) is 3. The van der Waals surface area contributed by atoms with Gasteiger partial charge in [0.25, 0.3) is 0 Å². The summed E-state index contributed by atoms with van der Waals surface area (Å²) in [4.78, 5) is 17.0. The van der Waals surface area contributed by atoms with E-state index in [9.17, 15) is 10.1 Å². The number of nitro groups is 1. The van der Waals surface area contributed by atoms with Gasteiger partial charge in [-0.25, -0.2) is 4.98 Å². The molecule has 0 aliphatic carbocycles. The summed E-state index contributed by atoms with van der Waals surface area (Å²) in [6.45, 7) is 6.85. The molecule has 0 bridgehead atoms. The van der Waals surface area contributed by atoms with Crippen LogP contribution in [0.15, 0.2) is 12.1 Å². The van der Waals surface area contributed by atoms with Gasteiger partial charge in [0.15, 0.2) is 0 Å². The highest BCUT2D eigenvalue weighted by Gasteiger charge is 2.22. The predicted octanol–water partition coefficient (Wildman–Crippen LogP) is 3.05. The van der Waals surface area contributed by atoms with E-state index in [1.165, 1.54) is 6.07 Å². The molecular formula is C13H22N4O2. The maximum absolute atomic E-state index is 11.1. The Morgan fingerprint density at radius 3 is 2.68 bits per heavy atom. The maximum atomic E-state index is 11.1. The van der Waals surface area contributed by atoms with E-state index in [1.807, 2.05) is 18.9 Å². The van der Waals surface area contributed by atoms with Crippen molar-refractivity contribution in [1.29, 1.82) is 0 Å². The smallest absolute Gasteiger partial charge is 0.311 e. The Labute approximate surface area is 114 Å². The van der Waals surface area contributed by atoms with Crippen LogP contribution in [-0.4, -0.2) is 29.5 Å². The van der Waals surface area contributed by atoms with Crippen LogP contribution in [-0.2, 0) is 0 Å². The molecule has 1 aromatic heterocycles. The van der Waals surface area contributed by atoms with E-state index in [-0.39, 0.29) is 16.7 Å². The van der Waals surface area contributed by atoms with E-state index in [2.05, 4.69) is 24.1 Å². The number of rotatable bonds is 7. The molecule has 1 aromatic rings. The first-order valence-corrected chi connectivity index (χ1v) is 6.63. The second-order valence-corrected chi connectivity index (χ2v) is 4.58. The van der Waals surface area contributed by atoms with Crippen molar-refractivity contribution in [3.63, 3.8) is 0 Å². The van der Waals surface area contributed by atoms with Crippen molar-refractivity contribution in [3.8, 4) is 0 Å². The summed E-state index contributed by atoms with van der Waals surface area (Å²) in [5, 5.41) is 14.2. The summed E-state index contributed by atoms with van der Waals surface area (Å²) >= 11 is 0. The molecule has 1 unspecified atom stereocenters. The summed E-state index contributed by atoms with van der Waals surface area (Å²) in [7, 11) is 1.85. The Balaban J connectivity index is 3.12. The van der Waals surface area contributed by atoms with Gasteiger partial charge in [0.1, 0.15) is 5.82 Å². The highest BCUT2D eigenvalue weighted by atomic mass is 16.6. The van der Waals surface area contributed by atoms with Crippen molar-refractivity contribution in [1.82, 2.24) is 4.98 Å². The largest absolute Gasteiger partial charge is 0.370 e. The Morgan fingerprint density at radius 2 is 2.16 bits per heavy atom. The minimum Gasteiger partial charge on any atom is -0.370 e. The van der Waals surface area contributed by atoms with Crippen molar-refractivity contribution in [2.75, 3.05) is 23.8 Å². The lowest BCUT2D eigenvalue weighted by Gasteiger charge is -2.25. The van der Waals surface area contributed by atoms with Crippen molar-refractivity contribution < 1.29 is 4.92 Å². The highest BCUT2D eigenvalue weighted by molar-refractivity contribution is 5.61. The Kier molecular flexibility index (Phi) is 5.54. The van der Waals surface area contributed by atoms with E-state index in [4.69, 9.17) is 0 Å². The fourth-order valence-electron chi connectivity index (χ4n) is 1.94. The summed E-state index contributed by atoms with van der Waals surface area (Å²) < 4.78 is 0. The van der Waals surface area contributed by atoms with Gasteiger partial charge in [-0.2, -0.15) is 0 Å². The number of aromatic nitrogens is 1. The molecule has 0 aliphatic rings. The summed E-state index contributed by atoms with van der Waals surface area (Å²) in [5.41, 5.74) is 0.0482. The number of pyridine rings is 1. The van der Waals surface area contributed by atoms with Gasteiger partial charge in [-0.15, -0.1) is 0 Å². The minimum atomic E-state index is -0.382. The van der Waals surface area contributed by atoms with Crippen LogP contribution in [0.4, 0.5) is 17.3 Å². The lowest BCUT2D eigenvalue weighted by Crippen LogP contribution is -2.30. The third-order valence-electron chi connectivity index (χ3n) is 3.11. The van der Waals surface area contributed by atoms with Crippen molar-refractivity contribution in [2.24, 2.45) is 0 Å². The lowest BCUT2D eigenvalue weighted by atomic mass is 10.1.